The second kappa shape index (κ2) is 15.3. The molecule has 4 heterocycles. The SMILES string of the molecule is CC(C)CCN(CCC(C)C)C(=O)c1ccc2nc(-c3ccc(OCCCO)nc3)c(CCCN3CCCC3)n2c1. The molecule has 1 aliphatic rings. The van der Waals surface area contributed by atoms with E-state index in [9.17, 15) is 4.79 Å². The summed E-state index contributed by atoms with van der Waals surface area (Å²) in [5.74, 6) is 1.73. The topological polar surface area (TPSA) is 83.2 Å². The van der Waals surface area contributed by atoms with Gasteiger partial charge in [0.05, 0.1) is 23.6 Å². The van der Waals surface area contributed by atoms with Gasteiger partial charge < -0.3 is 24.0 Å². The van der Waals surface area contributed by atoms with Gasteiger partial charge in [0.15, 0.2) is 0 Å². The van der Waals surface area contributed by atoms with Gasteiger partial charge in [0.25, 0.3) is 5.91 Å². The molecule has 0 saturated carbocycles. The number of aliphatic hydroxyl groups excluding tert-OH is 1. The van der Waals surface area contributed by atoms with Crippen molar-refractivity contribution in [2.24, 2.45) is 11.8 Å². The van der Waals surface area contributed by atoms with E-state index in [1.165, 1.54) is 25.9 Å². The number of pyridine rings is 2. The predicted molar refractivity (Wildman–Crippen MR) is 164 cm³/mol. The van der Waals surface area contributed by atoms with Crippen LogP contribution in [0, 0.1) is 11.8 Å². The maximum atomic E-state index is 13.8. The van der Waals surface area contributed by atoms with Gasteiger partial charge in [-0.25, -0.2) is 9.97 Å². The molecule has 4 rings (SSSR count). The molecular formula is C33H49N5O3. The average Bonchev–Trinajstić information content (AvgIpc) is 3.61. The normalized spacial score (nSPS) is 14.0. The number of hydrogen-bond acceptors (Lipinski definition) is 6. The summed E-state index contributed by atoms with van der Waals surface area (Å²) in [6.07, 6.45) is 10.8. The lowest BCUT2D eigenvalue weighted by Crippen LogP contribution is -2.34. The zero-order chi connectivity index (χ0) is 29.2. The van der Waals surface area contributed by atoms with Crippen molar-refractivity contribution in [2.45, 2.75) is 72.6 Å². The van der Waals surface area contributed by atoms with Gasteiger partial charge in [0, 0.05) is 50.1 Å². The van der Waals surface area contributed by atoms with Gasteiger partial charge in [-0.1, -0.05) is 27.7 Å². The summed E-state index contributed by atoms with van der Waals surface area (Å²) in [7, 11) is 0. The Morgan fingerprint density at radius 2 is 1.76 bits per heavy atom. The van der Waals surface area contributed by atoms with Crippen LogP contribution in [0.1, 0.15) is 82.3 Å². The van der Waals surface area contributed by atoms with Crippen LogP contribution in [0.25, 0.3) is 16.9 Å². The van der Waals surface area contributed by atoms with Crippen molar-refractivity contribution < 1.29 is 14.6 Å². The van der Waals surface area contributed by atoms with Crippen LogP contribution in [0.5, 0.6) is 5.88 Å². The van der Waals surface area contributed by atoms with E-state index in [1.54, 1.807) is 0 Å². The highest BCUT2D eigenvalue weighted by Gasteiger charge is 2.21. The van der Waals surface area contributed by atoms with Crippen molar-refractivity contribution in [3.63, 3.8) is 0 Å². The Kier molecular flexibility index (Phi) is 11.6. The van der Waals surface area contributed by atoms with E-state index in [1.807, 2.05) is 41.6 Å². The molecule has 0 spiro atoms. The third-order valence-corrected chi connectivity index (χ3v) is 7.85. The minimum Gasteiger partial charge on any atom is -0.478 e. The van der Waals surface area contributed by atoms with E-state index in [2.05, 4.69) is 42.0 Å². The minimum atomic E-state index is 0.0949. The van der Waals surface area contributed by atoms with E-state index in [-0.39, 0.29) is 12.5 Å². The molecule has 41 heavy (non-hydrogen) atoms. The summed E-state index contributed by atoms with van der Waals surface area (Å²) in [5.41, 5.74) is 4.50. The number of fused-ring (bicyclic) bond motifs is 1. The molecule has 3 aromatic rings. The molecule has 1 amide bonds. The highest BCUT2D eigenvalue weighted by molar-refractivity contribution is 5.94. The van der Waals surface area contributed by atoms with Crippen LogP contribution < -0.4 is 4.74 Å². The zero-order valence-corrected chi connectivity index (χ0v) is 25.5. The van der Waals surface area contributed by atoms with Gasteiger partial charge in [-0.15, -0.1) is 0 Å². The smallest absolute Gasteiger partial charge is 0.255 e. The molecule has 1 N–H and O–H groups in total. The number of aromatic nitrogens is 3. The van der Waals surface area contributed by atoms with Crippen LogP contribution in [0.2, 0.25) is 0 Å². The van der Waals surface area contributed by atoms with Gasteiger partial charge in [0.2, 0.25) is 5.88 Å². The van der Waals surface area contributed by atoms with Crippen molar-refractivity contribution in [3.05, 3.63) is 47.9 Å². The number of aliphatic hydroxyl groups is 1. The molecule has 3 aromatic heterocycles. The molecule has 1 aliphatic heterocycles. The van der Waals surface area contributed by atoms with E-state index < -0.39 is 0 Å². The average molecular weight is 564 g/mol. The largest absolute Gasteiger partial charge is 0.478 e. The third-order valence-electron chi connectivity index (χ3n) is 7.85. The molecule has 0 aliphatic carbocycles. The summed E-state index contributed by atoms with van der Waals surface area (Å²) in [4.78, 5) is 27.9. The van der Waals surface area contributed by atoms with E-state index in [0.717, 1.165) is 67.9 Å². The van der Waals surface area contributed by atoms with Crippen LogP contribution in [-0.2, 0) is 6.42 Å². The quantitative estimate of drug-likeness (QED) is 0.225. The Bertz CT molecular complexity index is 1220. The molecule has 0 aromatic carbocycles. The molecule has 8 nitrogen and oxygen atoms in total. The minimum absolute atomic E-state index is 0.0949. The van der Waals surface area contributed by atoms with E-state index in [0.29, 0.717) is 36.3 Å². The first-order valence-corrected chi connectivity index (χ1v) is 15.6. The summed E-state index contributed by atoms with van der Waals surface area (Å²) in [6.45, 7) is 14.4. The first-order chi connectivity index (χ1) is 19.9. The Morgan fingerprint density at radius 1 is 1.02 bits per heavy atom. The van der Waals surface area contributed by atoms with Crippen molar-refractivity contribution in [3.8, 4) is 17.1 Å². The number of likely N-dealkylation sites (tertiary alicyclic amines) is 1. The lowest BCUT2D eigenvalue weighted by Gasteiger charge is -2.24. The standard InChI is InChI=1S/C33H49N5O3/c1-25(2)14-19-37(20-15-26(3)4)33(40)28-10-12-30-35-32(27-11-13-31(34-23-27)41-22-8-21-39)29(38(30)24-28)9-7-18-36-16-5-6-17-36/h10-13,23-26,39H,5-9,14-22H2,1-4H3. The Balaban J connectivity index is 1.63. The third kappa shape index (κ3) is 8.76. The number of amides is 1. The second-order valence-corrected chi connectivity index (χ2v) is 12.2. The molecular weight excluding hydrogens is 514 g/mol. The van der Waals surface area contributed by atoms with Crippen LogP contribution >= 0.6 is 0 Å². The van der Waals surface area contributed by atoms with Gasteiger partial charge in [0.1, 0.15) is 5.65 Å². The highest BCUT2D eigenvalue weighted by Crippen LogP contribution is 2.27. The highest BCUT2D eigenvalue weighted by atomic mass is 16.5. The maximum Gasteiger partial charge on any atom is 0.255 e. The van der Waals surface area contributed by atoms with Gasteiger partial charge in [-0.3, -0.25) is 4.79 Å². The maximum absolute atomic E-state index is 13.8. The first kappa shape index (κ1) is 31.0. The molecule has 224 valence electrons. The summed E-state index contributed by atoms with van der Waals surface area (Å²) in [6, 6.07) is 7.76. The van der Waals surface area contributed by atoms with E-state index in [4.69, 9.17) is 14.8 Å². The molecule has 0 radical (unpaired) electrons. The summed E-state index contributed by atoms with van der Waals surface area (Å²) >= 11 is 0. The Morgan fingerprint density at radius 3 is 2.39 bits per heavy atom. The number of rotatable bonds is 16. The van der Waals surface area contributed by atoms with Crippen molar-refractivity contribution in [2.75, 3.05) is 45.9 Å². The number of imidazole rings is 1. The fraction of sp³-hybridized carbons (Fsp3) is 0.606. The number of carbonyl (C=O) groups is 1. The number of hydrogen-bond donors (Lipinski definition) is 1. The number of nitrogens with zero attached hydrogens (tertiary/aromatic N) is 5. The fourth-order valence-electron chi connectivity index (χ4n) is 5.34. The Labute approximate surface area is 245 Å². The van der Waals surface area contributed by atoms with Gasteiger partial charge >= 0.3 is 0 Å². The van der Waals surface area contributed by atoms with Crippen LogP contribution in [0.15, 0.2) is 36.7 Å². The summed E-state index contributed by atoms with van der Waals surface area (Å²) < 4.78 is 7.76. The monoisotopic (exact) mass is 563 g/mol. The molecule has 1 saturated heterocycles. The number of carbonyl (C=O) groups excluding carboxylic acids is 1. The van der Waals surface area contributed by atoms with Crippen LogP contribution in [-0.4, -0.2) is 81.1 Å². The second-order valence-electron chi connectivity index (χ2n) is 12.2. The fourth-order valence-corrected chi connectivity index (χ4v) is 5.34. The number of aryl methyl sites for hydroxylation is 1. The molecule has 0 bridgehead atoms. The molecule has 8 heteroatoms. The zero-order valence-electron chi connectivity index (χ0n) is 25.5. The first-order valence-electron chi connectivity index (χ1n) is 15.6. The van der Waals surface area contributed by atoms with Gasteiger partial charge in [-0.05, 0) is 88.2 Å². The lowest BCUT2D eigenvalue weighted by atomic mass is 10.1. The van der Waals surface area contributed by atoms with Crippen molar-refractivity contribution in [1.29, 1.82) is 0 Å². The Hall–Kier alpha value is -2.97. The lowest BCUT2D eigenvalue weighted by molar-refractivity contribution is 0.0740. The predicted octanol–water partition coefficient (Wildman–Crippen LogP) is 5.72. The van der Waals surface area contributed by atoms with Gasteiger partial charge in [-0.2, -0.15) is 0 Å². The summed E-state index contributed by atoms with van der Waals surface area (Å²) in [5, 5.41) is 9.02. The van der Waals surface area contributed by atoms with Crippen LogP contribution in [0.4, 0.5) is 0 Å². The van der Waals surface area contributed by atoms with E-state index >= 15 is 0 Å². The van der Waals surface area contributed by atoms with Crippen molar-refractivity contribution >= 4 is 11.6 Å². The van der Waals surface area contributed by atoms with Crippen molar-refractivity contribution in [1.82, 2.24) is 24.2 Å². The number of ether oxygens (including phenoxy) is 1. The molecule has 1 fully saturated rings. The molecule has 0 unspecified atom stereocenters. The van der Waals surface area contributed by atoms with Crippen LogP contribution in [0.3, 0.4) is 0 Å². The molecule has 0 atom stereocenters.